The molecule has 0 aliphatic carbocycles. The van der Waals surface area contributed by atoms with Crippen molar-refractivity contribution in [1.29, 1.82) is 0 Å². The molecule has 3 aromatic rings. The molecule has 0 fully saturated rings. The van der Waals surface area contributed by atoms with Crippen molar-refractivity contribution in [2.45, 2.75) is 19.9 Å². The fourth-order valence-corrected chi connectivity index (χ4v) is 4.32. The van der Waals surface area contributed by atoms with Crippen molar-refractivity contribution in [3.63, 3.8) is 0 Å². The van der Waals surface area contributed by atoms with Gasteiger partial charge in [-0.3, -0.25) is 4.79 Å². The highest BCUT2D eigenvalue weighted by Crippen LogP contribution is 2.29. The highest BCUT2D eigenvalue weighted by molar-refractivity contribution is 7.20. The maximum absolute atomic E-state index is 11.9. The summed E-state index contributed by atoms with van der Waals surface area (Å²) in [6, 6.07) is 3.69. The maximum Gasteiger partial charge on any atom is 0.275 e. The Morgan fingerprint density at radius 3 is 3.20 bits per heavy atom. The minimum absolute atomic E-state index is 0.108. The SMILES string of the molecule is Cc1cc(=O)n2nc(N3CCc4sccc4C3)sc2n1. The van der Waals surface area contributed by atoms with E-state index >= 15 is 0 Å². The van der Waals surface area contributed by atoms with Crippen molar-refractivity contribution in [1.82, 2.24) is 14.6 Å². The van der Waals surface area contributed by atoms with E-state index in [1.807, 2.05) is 18.3 Å². The minimum atomic E-state index is -0.108. The van der Waals surface area contributed by atoms with Crippen LogP contribution in [-0.2, 0) is 13.0 Å². The van der Waals surface area contributed by atoms with Crippen LogP contribution in [0.4, 0.5) is 5.13 Å². The van der Waals surface area contributed by atoms with Gasteiger partial charge in [0.05, 0.1) is 0 Å². The van der Waals surface area contributed by atoms with Crippen molar-refractivity contribution in [2.75, 3.05) is 11.4 Å². The number of thiophene rings is 1. The van der Waals surface area contributed by atoms with Gasteiger partial charge in [-0.25, -0.2) is 4.98 Å². The van der Waals surface area contributed by atoms with Crippen LogP contribution >= 0.6 is 22.7 Å². The van der Waals surface area contributed by atoms with Crippen LogP contribution in [0.25, 0.3) is 4.96 Å². The molecule has 1 aliphatic heterocycles. The molecule has 0 aromatic carbocycles. The van der Waals surface area contributed by atoms with Gasteiger partial charge in [0.25, 0.3) is 5.56 Å². The number of anilines is 1. The first-order valence-electron chi connectivity index (χ1n) is 6.38. The van der Waals surface area contributed by atoms with Crippen molar-refractivity contribution in [2.24, 2.45) is 0 Å². The lowest BCUT2D eigenvalue weighted by Gasteiger charge is -2.25. The molecular weight excluding hydrogens is 292 g/mol. The van der Waals surface area contributed by atoms with E-state index in [-0.39, 0.29) is 5.56 Å². The Labute approximate surface area is 123 Å². The normalized spacial score (nSPS) is 14.8. The lowest BCUT2D eigenvalue weighted by molar-refractivity contribution is 0.726. The number of rotatable bonds is 1. The zero-order valence-corrected chi connectivity index (χ0v) is 12.5. The highest BCUT2D eigenvalue weighted by Gasteiger charge is 2.21. The van der Waals surface area contributed by atoms with Gasteiger partial charge in [-0.15, -0.1) is 16.4 Å². The Hall–Kier alpha value is -1.73. The molecule has 0 radical (unpaired) electrons. The number of hydrogen-bond acceptors (Lipinski definition) is 6. The first-order valence-corrected chi connectivity index (χ1v) is 8.08. The quantitative estimate of drug-likeness (QED) is 0.691. The lowest BCUT2D eigenvalue weighted by Crippen LogP contribution is -2.29. The van der Waals surface area contributed by atoms with E-state index in [1.165, 1.54) is 32.4 Å². The van der Waals surface area contributed by atoms with Crippen LogP contribution in [0, 0.1) is 6.92 Å². The fourth-order valence-electron chi connectivity index (χ4n) is 2.45. The number of nitrogens with zero attached hydrogens (tertiary/aromatic N) is 4. The van der Waals surface area contributed by atoms with Gasteiger partial charge in [-0.2, -0.15) is 4.52 Å². The fraction of sp³-hybridized carbons (Fsp3) is 0.308. The molecule has 0 saturated carbocycles. The zero-order valence-electron chi connectivity index (χ0n) is 10.9. The molecule has 0 unspecified atom stereocenters. The summed E-state index contributed by atoms with van der Waals surface area (Å²) in [6.07, 6.45) is 1.05. The van der Waals surface area contributed by atoms with Gasteiger partial charge in [-0.05, 0) is 30.4 Å². The molecule has 7 heteroatoms. The van der Waals surface area contributed by atoms with Crippen molar-refractivity contribution in [3.8, 4) is 0 Å². The van der Waals surface area contributed by atoms with Crippen LogP contribution in [0.1, 0.15) is 16.1 Å². The molecule has 0 saturated heterocycles. The Kier molecular flexibility index (Phi) is 2.64. The smallest absolute Gasteiger partial charge is 0.275 e. The molecule has 0 spiro atoms. The molecule has 0 amide bonds. The van der Waals surface area contributed by atoms with Gasteiger partial charge >= 0.3 is 0 Å². The average Bonchev–Trinajstić information content (AvgIpc) is 3.03. The summed E-state index contributed by atoms with van der Waals surface area (Å²) < 4.78 is 1.40. The largest absolute Gasteiger partial charge is 0.342 e. The van der Waals surface area contributed by atoms with Gasteiger partial charge in [0.1, 0.15) is 0 Å². The monoisotopic (exact) mass is 304 g/mol. The summed E-state index contributed by atoms with van der Waals surface area (Å²) in [5.41, 5.74) is 2.00. The van der Waals surface area contributed by atoms with Crippen LogP contribution in [0.5, 0.6) is 0 Å². The van der Waals surface area contributed by atoms with Crippen molar-refractivity contribution >= 4 is 32.8 Å². The molecule has 0 atom stereocenters. The molecular formula is C13H12N4OS2. The van der Waals surface area contributed by atoms with E-state index in [2.05, 4.69) is 26.4 Å². The van der Waals surface area contributed by atoms with Crippen LogP contribution in [0.2, 0.25) is 0 Å². The van der Waals surface area contributed by atoms with Crippen LogP contribution in [0.15, 0.2) is 22.3 Å². The lowest BCUT2D eigenvalue weighted by atomic mass is 10.1. The molecule has 0 N–H and O–H groups in total. The van der Waals surface area contributed by atoms with E-state index in [0.29, 0.717) is 4.96 Å². The topological polar surface area (TPSA) is 50.5 Å². The summed E-state index contributed by atoms with van der Waals surface area (Å²) in [5, 5.41) is 7.44. The van der Waals surface area contributed by atoms with Crippen molar-refractivity contribution in [3.05, 3.63) is 44.0 Å². The second-order valence-electron chi connectivity index (χ2n) is 4.86. The third-order valence-electron chi connectivity index (χ3n) is 3.44. The zero-order chi connectivity index (χ0) is 13.7. The summed E-state index contributed by atoms with van der Waals surface area (Å²) in [4.78, 5) is 20.6. The van der Waals surface area contributed by atoms with Gasteiger partial charge < -0.3 is 4.90 Å². The van der Waals surface area contributed by atoms with Gasteiger partial charge in [0, 0.05) is 29.7 Å². The van der Waals surface area contributed by atoms with E-state index in [1.54, 1.807) is 0 Å². The molecule has 5 nitrogen and oxygen atoms in total. The minimum Gasteiger partial charge on any atom is -0.342 e. The first kappa shape index (κ1) is 12.0. The molecule has 4 heterocycles. The summed E-state index contributed by atoms with van der Waals surface area (Å²) in [6.45, 7) is 3.65. The summed E-state index contributed by atoms with van der Waals surface area (Å²) >= 11 is 3.30. The summed E-state index contributed by atoms with van der Waals surface area (Å²) in [7, 11) is 0. The Balaban J connectivity index is 1.76. The molecule has 1 aliphatic rings. The van der Waals surface area contributed by atoms with Crippen LogP contribution < -0.4 is 10.5 Å². The Morgan fingerprint density at radius 1 is 1.40 bits per heavy atom. The second-order valence-corrected chi connectivity index (χ2v) is 6.79. The third-order valence-corrected chi connectivity index (χ3v) is 5.43. The van der Waals surface area contributed by atoms with E-state index in [0.717, 1.165) is 30.3 Å². The number of hydrogen-bond donors (Lipinski definition) is 0. The predicted molar refractivity (Wildman–Crippen MR) is 80.9 cm³/mol. The molecule has 102 valence electrons. The average molecular weight is 304 g/mol. The highest BCUT2D eigenvalue weighted by atomic mass is 32.1. The molecule has 4 rings (SSSR count). The maximum atomic E-state index is 11.9. The van der Waals surface area contributed by atoms with Gasteiger partial charge in [0.15, 0.2) is 0 Å². The number of aryl methyl sites for hydroxylation is 1. The molecule has 3 aromatic heterocycles. The van der Waals surface area contributed by atoms with E-state index in [4.69, 9.17) is 0 Å². The molecule has 20 heavy (non-hydrogen) atoms. The van der Waals surface area contributed by atoms with Gasteiger partial charge in [0.2, 0.25) is 10.1 Å². The van der Waals surface area contributed by atoms with Gasteiger partial charge in [-0.1, -0.05) is 11.3 Å². The predicted octanol–water partition coefficient (Wildman–Crippen LogP) is 2.08. The molecule has 0 bridgehead atoms. The Bertz CT molecular complexity index is 848. The van der Waals surface area contributed by atoms with Crippen molar-refractivity contribution < 1.29 is 0 Å². The van der Waals surface area contributed by atoms with Crippen LogP contribution in [0.3, 0.4) is 0 Å². The van der Waals surface area contributed by atoms with E-state index < -0.39 is 0 Å². The second kappa shape index (κ2) is 4.39. The number of aromatic nitrogens is 3. The summed E-state index contributed by atoms with van der Waals surface area (Å²) in [5.74, 6) is 0. The standard InChI is InChI=1S/C13H12N4OS2/c1-8-6-11(18)17-12(14-8)20-13(15-17)16-4-2-10-9(7-16)3-5-19-10/h3,5-6H,2,4,7H2,1H3. The van der Waals surface area contributed by atoms with Crippen LogP contribution in [-0.4, -0.2) is 21.1 Å². The Morgan fingerprint density at radius 2 is 2.30 bits per heavy atom. The third kappa shape index (κ3) is 1.85. The number of fused-ring (bicyclic) bond motifs is 2. The first-order chi connectivity index (χ1) is 9.70. The van der Waals surface area contributed by atoms with E-state index in [9.17, 15) is 4.79 Å².